The molecule has 1 aliphatic heterocycles. The van der Waals surface area contributed by atoms with Crippen LogP contribution in [0.2, 0.25) is 0 Å². The van der Waals surface area contributed by atoms with Crippen LogP contribution < -0.4 is 5.32 Å². The largest absolute Gasteiger partial charge is 0.462 e. The quantitative estimate of drug-likeness (QED) is 0.837. The van der Waals surface area contributed by atoms with Crippen LogP contribution in [0.4, 0.5) is 5.00 Å². The summed E-state index contributed by atoms with van der Waals surface area (Å²) < 4.78 is 5.21. The average Bonchev–Trinajstić information content (AvgIpc) is 2.83. The topological polar surface area (TPSA) is 58.6 Å². The van der Waals surface area contributed by atoms with Crippen LogP contribution in [-0.4, -0.2) is 36.0 Å². The highest BCUT2D eigenvalue weighted by Crippen LogP contribution is 2.38. The van der Waals surface area contributed by atoms with Crippen molar-refractivity contribution < 1.29 is 14.3 Å². The molecular formula is C17H26N2O3S. The molecule has 1 aromatic rings. The van der Waals surface area contributed by atoms with Gasteiger partial charge in [-0.05, 0) is 32.8 Å². The van der Waals surface area contributed by atoms with Gasteiger partial charge in [-0.25, -0.2) is 4.79 Å². The van der Waals surface area contributed by atoms with Crippen molar-refractivity contribution in [2.24, 2.45) is 5.92 Å². The van der Waals surface area contributed by atoms with Gasteiger partial charge in [0.2, 0.25) is 5.91 Å². The van der Waals surface area contributed by atoms with Crippen molar-refractivity contribution in [2.75, 3.05) is 18.5 Å². The number of esters is 1. The van der Waals surface area contributed by atoms with Crippen LogP contribution in [0.15, 0.2) is 0 Å². The molecule has 0 fully saturated rings. The highest BCUT2D eigenvalue weighted by atomic mass is 32.1. The molecule has 5 nitrogen and oxygen atoms in total. The number of carbonyl (C=O) groups is 2. The molecule has 2 rings (SSSR count). The van der Waals surface area contributed by atoms with Gasteiger partial charge in [0.05, 0.1) is 12.2 Å². The molecule has 0 aliphatic carbocycles. The first-order valence-electron chi connectivity index (χ1n) is 8.21. The van der Waals surface area contributed by atoms with E-state index in [4.69, 9.17) is 4.74 Å². The van der Waals surface area contributed by atoms with Crippen molar-refractivity contribution in [1.82, 2.24) is 4.90 Å². The lowest BCUT2D eigenvalue weighted by molar-refractivity contribution is -0.118. The summed E-state index contributed by atoms with van der Waals surface area (Å²) in [6, 6.07) is 0.463. The molecule has 0 spiro atoms. The Balaban J connectivity index is 2.37. The fourth-order valence-electron chi connectivity index (χ4n) is 2.63. The third kappa shape index (κ3) is 3.93. The Hall–Kier alpha value is -1.40. The van der Waals surface area contributed by atoms with Gasteiger partial charge in [-0.3, -0.25) is 9.69 Å². The Morgan fingerprint density at radius 2 is 2.00 bits per heavy atom. The predicted octanol–water partition coefficient (Wildman–Crippen LogP) is 3.29. The van der Waals surface area contributed by atoms with E-state index in [9.17, 15) is 9.59 Å². The summed E-state index contributed by atoms with van der Waals surface area (Å²) in [5, 5.41) is 3.55. The van der Waals surface area contributed by atoms with Crippen molar-refractivity contribution in [3.8, 4) is 0 Å². The summed E-state index contributed by atoms with van der Waals surface area (Å²) in [5.74, 6) is -0.534. The smallest absolute Gasteiger partial charge is 0.341 e. The van der Waals surface area contributed by atoms with E-state index in [2.05, 4.69) is 24.1 Å². The van der Waals surface area contributed by atoms with Crippen LogP contribution in [0.5, 0.6) is 0 Å². The zero-order valence-electron chi connectivity index (χ0n) is 14.6. The molecule has 128 valence electrons. The van der Waals surface area contributed by atoms with E-state index in [0.717, 1.165) is 30.0 Å². The number of nitrogens with zero attached hydrogens (tertiary/aromatic N) is 1. The van der Waals surface area contributed by atoms with E-state index < -0.39 is 0 Å². The van der Waals surface area contributed by atoms with E-state index in [1.165, 1.54) is 11.3 Å². The van der Waals surface area contributed by atoms with Crippen molar-refractivity contribution in [2.45, 2.75) is 53.6 Å². The lowest BCUT2D eigenvalue weighted by Gasteiger charge is -2.30. The average molecular weight is 338 g/mol. The second-order valence-electron chi connectivity index (χ2n) is 6.39. The van der Waals surface area contributed by atoms with E-state index >= 15 is 0 Å². The molecule has 2 heterocycles. The van der Waals surface area contributed by atoms with E-state index in [-0.39, 0.29) is 17.8 Å². The fourth-order valence-corrected chi connectivity index (χ4v) is 3.89. The number of nitrogens with one attached hydrogen (secondary N) is 1. The van der Waals surface area contributed by atoms with Gasteiger partial charge in [-0.15, -0.1) is 11.3 Å². The highest BCUT2D eigenvalue weighted by Gasteiger charge is 2.30. The molecule has 0 bridgehead atoms. The lowest BCUT2D eigenvalue weighted by atomic mass is 10.0. The molecule has 0 saturated carbocycles. The van der Waals surface area contributed by atoms with Crippen LogP contribution in [0.25, 0.3) is 0 Å². The van der Waals surface area contributed by atoms with Gasteiger partial charge in [0.1, 0.15) is 5.00 Å². The SMILES string of the molecule is CCOC(=O)c1c(NC(=O)C(C)C)sc2c1CCN(C(C)C)C2. The summed E-state index contributed by atoms with van der Waals surface area (Å²) in [7, 11) is 0. The van der Waals surface area contributed by atoms with E-state index in [0.29, 0.717) is 23.2 Å². The maximum Gasteiger partial charge on any atom is 0.341 e. The second-order valence-corrected chi connectivity index (χ2v) is 7.49. The Labute approximate surface area is 142 Å². The maximum absolute atomic E-state index is 12.4. The minimum Gasteiger partial charge on any atom is -0.462 e. The van der Waals surface area contributed by atoms with Crippen molar-refractivity contribution >= 4 is 28.2 Å². The standard InChI is InChI=1S/C17H26N2O3S/c1-6-22-17(21)14-12-7-8-19(11(4)5)9-13(12)23-16(14)18-15(20)10(2)3/h10-11H,6-9H2,1-5H3,(H,18,20). The predicted molar refractivity (Wildman–Crippen MR) is 93.0 cm³/mol. The van der Waals surface area contributed by atoms with Crippen LogP contribution in [0, 0.1) is 5.92 Å². The number of ether oxygens (including phenoxy) is 1. The Bertz CT molecular complexity index is 593. The third-order valence-electron chi connectivity index (χ3n) is 4.06. The minimum absolute atomic E-state index is 0.0742. The molecule has 1 amide bonds. The van der Waals surface area contributed by atoms with E-state index in [1.54, 1.807) is 6.92 Å². The van der Waals surface area contributed by atoms with Crippen LogP contribution in [-0.2, 0) is 22.5 Å². The Kier molecular flexibility index (Phi) is 5.81. The number of hydrogen-bond acceptors (Lipinski definition) is 5. The summed E-state index contributed by atoms with van der Waals surface area (Å²) in [6.07, 6.45) is 0.815. The lowest BCUT2D eigenvalue weighted by Crippen LogP contribution is -2.35. The van der Waals surface area contributed by atoms with Crippen molar-refractivity contribution in [3.05, 3.63) is 16.0 Å². The Morgan fingerprint density at radius 1 is 1.30 bits per heavy atom. The van der Waals surface area contributed by atoms with Gasteiger partial charge in [-0.2, -0.15) is 0 Å². The second kappa shape index (κ2) is 7.45. The molecule has 23 heavy (non-hydrogen) atoms. The van der Waals surface area contributed by atoms with Gasteiger partial charge in [0.15, 0.2) is 0 Å². The van der Waals surface area contributed by atoms with Crippen molar-refractivity contribution in [1.29, 1.82) is 0 Å². The van der Waals surface area contributed by atoms with Gasteiger partial charge in [0, 0.05) is 29.9 Å². The summed E-state index contributed by atoms with van der Waals surface area (Å²) in [6.45, 7) is 11.9. The first-order chi connectivity index (χ1) is 10.8. The number of anilines is 1. The third-order valence-corrected chi connectivity index (χ3v) is 5.19. The fraction of sp³-hybridized carbons (Fsp3) is 0.647. The number of carbonyl (C=O) groups excluding carboxylic acids is 2. The number of rotatable bonds is 5. The van der Waals surface area contributed by atoms with Crippen LogP contribution in [0.1, 0.15) is 55.4 Å². The number of thiophene rings is 1. The molecular weight excluding hydrogens is 312 g/mol. The van der Waals surface area contributed by atoms with E-state index in [1.807, 2.05) is 13.8 Å². The molecule has 1 N–H and O–H groups in total. The molecule has 0 atom stereocenters. The molecule has 1 aliphatic rings. The zero-order chi connectivity index (χ0) is 17.1. The van der Waals surface area contributed by atoms with Gasteiger partial charge in [0.25, 0.3) is 0 Å². The first kappa shape index (κ1) is 17.9. The summed E-state index contributed by atoms with van der Waals surface area (Å²) in [4.78, 5) is 28.0. The number of fused-ring (bicyclic) bond motifs is 1. The van der Waals surface area contributed by atoms with Gasteiger partial charge in [-0.1, -0.05) is 13.8 Å². The first-order valence-corrected chi connectivity index (χ1v) is 9.03. The van der Waals surface area contributed by atoms with Crippen LogP contribution >= 0.6 is 11.3 Å². The van der Waals surface area contributed by atoms with Gasteiger partial charge < -0.3 is 10.1 Å². The maximum atomic E-state index is 12.4. The van der Waals surface area contributed by atoms with Crippen LogP contribution in [0.3, 0.4) is 0 Å². The Morgan fingerprint density at radius 3 is 2.57 bits per heavy atom. The molecule has 0 radical (unpaired) electrons. The number of hydrogen-bond donors (Lipinski definition) is 1. The summed E-state index contributed by atoms with van der Waals surface area (Å²) in [5.41, 5.74) is 1.61. The molecule has 0 saturated heterocycles. The minimum atomic E-state index is -0.331. The molecule has 0 aromatic carbocycles. The molecule has 1 aromatic heterocycles. The normalized spacial score (nSPS) is 14.9. The monoisotopic (exact) mass is 338 g/mol. The highest BCUT2D eigenvalue weighted by molar-refractivity contribution is 7.17. The summed E-state index contributed by atoms with van der Waals surface area (Å²) >= 11 is 1.51. The molecule has 6 heteroatoms. The number of amides is 1. The molecule has 0 unspecified atom stereocenters. The van der Waals surface area contributed by atoms with Crippen molar-refractivity contribution in [3.63, 3.8) is 0 Å². The zero-order valence-corrected chi connectivity index (χ0v) is 15.4. The van der Waals surface area contributed by atoms with Gasteiger partial charge >= 0.3 is 5.97 Å².